The van der Waals surface area contributed by atoms with Gasteiger partial charge in [-0.15, -0.1) is 11.3 Å². The zero-order chi connectivity index (χ0) is 31.6. The molecule has 0 aliphatic heterocycles. The Hall–Kier alpha value is -6.17. The molecule has 0 fully saturated rings. The standard InChI is InChI=1S/C43H26N2O2S/c1-3-10-27(11-4-1)28-18-20-30(21-19-28)45(36-16-9-15-33-32-14-7-8-17-39(32)48-42(33)36)31-22-23-34-38(26-31)46-37-25-24-35-41(40(34)37)47-43(44-35)29-12-5-2-6-13-29/h1-26H. The van der Waals surface area contributed by atoms with E-state index < -0.39 is 0 Å². The summed E-state index contributed by atoms with van der Waals surface area (Å²) in [6.45, 7) is 0. The van der Waals surface area contributed by atoms with Gasteiger partial charge in [-0.05, 0) is 71.8 Å². The van der Waals surface area contributed by atoms with Crippen molar-refractivity contribution in [3.63, 3.8) is 0 Å². The van der Waals surface area contributed by atoms with Crippen LogP contribution in [0.25, 0.3) is 75.8 Å². The fraction of sp³-hybridized carbons (Fsp3) is 0. The number of aromatic nitrogens is 1. The molecule has 0 bridgehead atoms. The van der Waals surface area contributed by atoms with Gasteiger partial charge in [-0.1, -0.05) is 91.0 Å². The molecule has 0 saturated heterocycles. The van der Waals surface area contributed by atoms with Crippen LogP contribution in [0, 0.1) is 0 Å². The van der Waals surface area contributed by atoms with Crippen LogP contribution in [-0.2, 0) is 0 Å². The molecule has 7 aromatic carbocycles. The summed E-state index contributed by atoms with van der Waals surface area (Å²) in [6.07, 6.45) is 0. The van der Waals surface area contributed by atoms with Gasteiger partial charge < -0.3 is 13.7 Å². The fourth-order valence-corrected chi connectivity index (χ4v) is 8.05. The van der Waals surface area contributed by atoms with Gasteiger partial charge in [-0.3, -0.25) is 0 Å². The Kier molecular flexibility index (Phi) is 6.01. The van der Waals surface area contributed by atoms with E-state index in [9.17, 15) is 0 Å². The Labute approximate surface area is 279 Å². The van der Waals surface area contributed by atoms with Crippen molar-refractivity contribution in [2.45, 2.75) is 0 Å². The Morgan fingerprint density at radius 3 is 2.04 bits per heavy atom. The molecule has 226 valence electrons. The summed E-state index contributed by atoms with van der Waals surface area (Å²) in [5, 5.41) is 4.46. The topological polar surface area (TPSA) is 42.4 Å². The number of hydrogen-bond donors (Lipinski definition) is 0. The van der Waals surface area contributed by atoms with Crippen LogP contribution in [-0.4, -0.2) is 4.98 Å². The number of fused-ring (bicyclic) bond motifs is 8. The molecule has 0 atom stereocenters. The van der Waals surface area contributed by atoms with Gasteiger partial charge >= 0.3 is 0 Å². The van der Waals surface area contributed by atoms with Crippen molar-refractivity contribution < 1.29 is 8.83 Å². The van der Waals surface area contributed by atoms with Gasteiger partial charge in [0.2, 0.25) is 5.89 Å². The average molecular weight is 635 g/mol. The second-order valence-corrected chi connectivity index (χ2v) is 13.0. The molecule has 48 heavy (non-hydrogen) atoms. The number of nitrogens with zero attached hydrogens (tertiary/aromatic N) is 2. The van der Waals surface area contributed by atoms with Crippen molar-refractivity contribution in [2.24, 2.45) is 0 Å². The zero-order valence-electron chi connectivity index (χ0n) is 25.6. The number of rotatable bonds is 5. The minimum absolute atomic E-state index is 0.602. The predicted molar refractivity (Wildman–Crippen MR) is 200 cm³/mol. The molecule has 3 heterocycles. The maximum Gasteiger partial charge on any atom is 0.227 e. The van der Waals surface area contributed by atoms with Crippen molar-refractivity contribution >= 4 is 81.6 Å². The van der Waals surface area contributed by atoms with Gasteiger partial charge in [0.1, 0.15) is 16.7 Å². The molecule has 0 N–H and O–H groups in total. The second kappa shape index (κ2) is 10.7. The van der Waals surface area contributed by atoms with Crippen molar-refractivity contribution in [2.75, 3.05) is 4.90 Å². The first-order chi connectivity index (χ1) is 23.8. The van der Waals surface area contributed by atoms with E-state index in [0.29, 0.717) is 5.89 Å². The molecule has 0 saturated carbocycles. The van der Waals surface area contributed by atoms with Gasteiger partial charge in [0.05, 0.1) is 15.8 Å². The fourth-order valence-electron chi connectivity index (χ4n) is 6.85. The van der Waals surface area contributed by atoms with E-state index in [0.717, 1.165) is 55.7 Å². The largest absolute Gasteiger partial charge is 0.456 e. The highest BCUT2D eigenvalue weighted by atomic mass is 32.1. The lowest BCUT2D eigenvalue weighted by Gasteiger charge is -2.26. The lowest BCUT2D eigenvalue weighted by molar-refractivity contribution is 0.622. The molecule has 3 aromatic heterocycles. The maximum atomic E-state index is 6.54. The Bertz CT molecular complexity index is 2780. The van der Waals surface area contributed by atoms with Crippen molar-refractivity contribution in [3.8, 4) is 22.6 Å². The van der Waals surface area contributed by atoms with E-state index in [1.807, 2.05) is 53.8 Å². The molecule has 0 spiro atoms. The molecule has 0 amide bonds. The van der Waals surface area contributed by atoms with E-state index in [4.69, 9.17) is 13.8 Å². The lowest BCUT2D eigenvalue weighted by atomic mass is 10.0. The summed E-state index contributed by atoms with van der Waals surface area (Å²) >= 11 is 1.83. The molecule has 5 heteroatoms. The number of anilines is 3. The lowest BCUT2D eigenvalue weighted by Crippen LogP contribution is -2.10. The Balaban J connectivity index is 1.17. The van der Waals surface area contributed by atoms with E-state index in [1.54, 1.807) is 0 Å². The highest BCUT2D eigenvalue weighted by molar-refractivity contribution is 7.26. The molecular formula is C43H26N2O2S. The third kappa shape index (κ3) is 4.25. The monoisotopic (exact) mass is 634 g/mol. The molecular weight excluding hydrogens is 609 g/mol. The predicted octanol–water partition coefficient (Wildman–Crippen LogP) is 12.9. The molecule has 4 nitrogen and oxygen atoms in total. The van der Waals surface area contributed by atoms with Crippen LogP contribution < -0.4 is 4.90 Å². The Morgan fingerprint density at radius 2 is 1.21 bits per heavy atom. The summed E-state index contributed by atoms with van der Waals surface area (Å²) < 4.78 is 15.5. The highest BCUT2D eigenvalue weighted by Gasteiger charge is 2.21. The summed E-state index contributed by atoms with van der Waals surface area (Å²) in [5.74, 6) is 0.602. The van der Waals surface area contributed by atoms with Crippen molar-refractivity contribution in [3.05, 3.63) is 158 Å². The average Bonchev–Trinajstić information content (AvgIpc) is 3.86. The first-order valence-electron chi connectivity index (χ1n) is 16.0. The highest BCUT2D eigenvalue weighted by Crippen LogP contribution is 2.46. The third-order valence-corrected chi connectivity index (χ3v) is 10.3. The third-order valence-electron chi connectivity index (χ3n) is 9.11. The molecule has 0 radical (unpaired) electrons. The summed E-state index contributed by atoms with van der Waals surface area (Å²) in [7, 11) is 0. The van der Waals surface area contributed by atoms with Gasteiger partial charge in [0.15, 0.2) is 5.58 Å². The number of hydrogen-bond acceptors (Lipinski definition) is 5. The van der Waals surface area contributed by atoms with Crippen LogP contribution in [0.1, 0.15) is 0 Å². The summed E-state index contributed by atoms with van der Waals surface area (Å²) in [4.78, 5) is 7.15. The number of furan rings is 1. The molecule has 10 rings (SSSR count). The van der Waals surface area contributed by atoms with Crippen LogP contribution in [0.4, 0.5) is 17.1 Å². The Morgan fingerprint density at radius 1 is 0.500 bits per heavy atom. The quantitative estimate of drug-likeness (QED) is 0.189. The van der Waals surface area contributed by atoms with E-state index >= 15 is 0 Å². The van der Waals surface area contributed by atoms with Gasteiger partial charge in [0, 0.05) is 43.9 Å². The van der Waals surface area contributed by atoms with E-state index in [-0.39, 0.29) is 0 Å². The van der Waals surface area contributed by atoms with Crippen LogP contribution in [0.5, 0.6) is 0 Å². The van der Waals surface area contributed by atoms with E-state index in [1.165, 1.54) is 31.3 Å². The van der Waals surface area contributed by atoms with Crippen molar-refractivity contribution in [1.82, 2.24) is 4.98 Å². The van der Waals surface area contributed by atoms with Crippen LogP contribution in [0.2, 0.25) is 0 Å². The van der Waals surface area contributed by atoms with Crippen LogP contribution in [0.15, 0.2) is 167 Å². The first kappa shape index (κ1) is 27.0. The first-order valence-corrected chi connectivity index (χ1v) is 16.8. The SMILES string of the molecule is c1ccc(-c2ccc(N(c3ccc4c(c3)oc3ccc5nc(-c6ccccc6)oc5c34)c3cccc4c3sc3ccccc34)cc2)cc1. The molecule has 0 aliphatic carbocycles. The maximum absolute atomic E-state index is 6.54. The summed E-state index contributed by atoms with van der Waals surface area (Å²) in [5.41, 5.74) is 9.64. The van der Waals surface area contributed by atoms with Crippen LogP contribution in [0.3, 0.4) is 0 Å². The number of benzene rings is 7. The molecule has 10 aromatic rings. The minimum Gasteiger partial charge on any atom is -0.456 e. The van der Waals surface area contributed by atoms with Gasteiger partial charge in [-0.25, -0.2) is 4.98 Å². The van der Waals surface area contributed by atoms with E-state index in [2.05, 4.69) is 120 Å². The van der Waals surface area contributed by atoms with Crippen molar-refractivity contribution in [1.29, 1.82) is 0 Å². The zero-order valence-corrected chi connectivity index (χ0v) is 26.4. The number of oxazole rings is 1. The minimum atomic E-state index is 0.602. The summed E-state index contributed by atoms with van der Waals surface area (Å²) in [6, 6.07) is 55.0. The van der Waals surface area contributed by atoms with Crippen LogP contribution >= 0.6 is 11.3 Å². The smallest absolute Gasteiger partial charge is 0.227 e. The van der Waals surface area contributed by atoms with Gasteiger partial charge in [-0.2, -0.15) is 0 Å². The second-order valence-electron chi connectivity index (χ2n) is 12.0. The normalized spacial score (nSPS) is 11.8. The molecule has 0 aliphatic rings. The molecule has 0 unspecified atom stereocenters. The van der Waals surface area contributed by atoms with Gasteiger partial charge in [0.25, 0.3) is 0 Å². The number of thiophene rings is 1.